The Balaban J connectivity index is 1.29. The number of nitrogens with zero attached hydrogens (tertiary/aromatic N) is 3. The van der Waals surface area contributed by atoms with Gasteiger partial charge < -0.3 is 4.90 Å². The maximum atomic E-state index is 5.15. The number of pyridine rings is 2. The van der Waals surface area contributed by atoms with Crippen LogP contribution in [0, 0.1) is 41.5 Å². The number of aromatic nitrogens is 2. The van der Waals surface area contributed by atoms with Crippen LogP contribution in [0.3, 0.4) is 0 Å². The first-order valence-electron chi connectivity index (χ1n) is 22.5. The van der Waals surface area contributed by atoms with Gasteiger partial charge in [-0.3, -0.25) is 9.97 Å². The van der Waals surface area contributed by atoms with Crippen LogP contribution in [-0.2, 0) is 0 Å². The molecule has 65 heavy (non-hydrogen) atoms. The minimum absolute atomic E-state index is 0.920. The Labute approximate surface area is 383 Å². The van der Waals surface area contributed by atoms with Crippen molar-refractivity contribution in [2.45, 2.75) is 41.5 Å². The SMILES string of the molecule is Cc1cnc(-c2cc(-c3c(C)cccc3C)cc(N(c3cc(-c4cc(-c5ccccc5)c(C)cn4)cc(-c4c(C)cccc4C)c3)c3cccc4ccccc34)c2)cc1-c1ccccc1. The van der Waals surface area contributed by atoms with E-state index in [1.165, 1.54) is 61.0 Å². The quantitative estimate of drug-likeness (QED) is 0.145. The second-order valence-corrected chi connectivity index (χ2v) is 17.4. The number of hydrogen-bond donors (Lipinski definition) is 0. The maximum absolute atomic E-state index is 5.15. The molecule has 10 aromatic rings. The Morgan fingerprint density at radius 2 is 0.723 bits per heavy atom. The Morgan fingerprint density at radius 3 is 1.20 bits per heavy atom. The van der Waals surface area contributed by atoms with Gasteiger partial charge in [-0.1, -0.05) is 133 Å². The molecule has 0 radical (unpaired) electrons. The summed E-state index contributed by atoms with van der Waals surface area (Å²) in [6.45, 7) is 13.2. The summed E-state index contributed by atoms with van der Waals surface area (Å²) in [5.74, 6) is 0. The molecule has 2 aromatic heterocycles. The molecule has 3 nitrogen and oxygen atoms in total. The van der Waals surface area contributed by atoms with Gasteiger partial charge in [0, 0.05) is 40.3 Å². The molecule has 0 aliphatic heterocycles. The molecule has 0 N–H and O–H groups in total. The molecule has 0 fully saturated rings. The van der Waals surface area contributed by atoms with Crippen molar-refractivity contribution in [1.82, 2.24) is 9.97 Å². The standard InChI is InChI=1S/C62H51N3/c1-40-18-15-19-41(2)61(40)51-30-49(58-36-56(44(5)38-63-58)47-22-9-7-10-23-47)32-53(34-51)65(60-29-17-27-46-26-13-14-28-55(46)60)54-33-50(31-52(35-54)62-42(3)20-16-21-43(62)4)59-37-57(45(6)39-64-59)48-24-11-8-12-25-48/h7-39H,1-6H3. The Bertz CT molecular complexity index is 3150. The lowest BCUT2D eigenvalue weighted by Crippen LogP contribution is -2.12. The molecule has 2 heterocycles. The van der Waals surface area contributed by atoms with Gasteiger partial charge in [-0.05, 0) is 179 Å². The van der Waals surface area contributed by atoms with Crippen LogP contribution < -0.4 is 4.90 Å². The minimum atomic E-state index is 0.920. The second kappa shape index (κ2) is 17.4. The van der Waals surface area contributed by atoms with E-state index >= 15 is 0 Å². The predicted molar refractivity (Wildman–Crippen MR) is 275 cm³/mol. The zero-order valence-electron chi connectivity index (χ0n) is 37.9. The van der Waals surface area contributed by atoms with E-state index in [4.69, 9.17) is 9.97 Å². The lowest BCUT2D eigenvalue weighted by molar-refractivity contribution is 1.25. The first-order chi connectivity index (χ1) is 31.7. The topological polar surface area (TPSA) is 29.0 Å². The molecule has 3 heteroatoms. The lowest BCUT2D eigenvalue weighted by Gasteiger charge is -2.29. The minimum Gasteiger partial charge on any atom is -0.310 e. The van der Waals surface area contributed by atoms with Crippen LogP contribution in [0.25, 0.3) is 77.8 Å². The summed E-state index contributed by atoms with van der Waals surface area (Å²) in [4.78, 5) is 12.8. The highest BCUT2D eigenvalue weighted by molar-refractivity contribution is 6.01. The zero-order valence-corrected chi connectivity index (χ0v) is 37.9. The van der Waals surface area contributed by atoms with Crippen LogP contribution >= 0.6 is 0 Å². The van der Waals surface area contributed by atoms with E-state index in [-0.39, 0.29) is 0 Å². The molecule has 314 valence electrons. The van der Waals surface area contributed by atoms with Crippen molar-refractivity contribution in [2.24, 2.45) is 0 Å². The Kier molecular flexibility index (Phi) is 11.0. The summed E-state index contributed by atoms with van der Waals surface area (Å²) in [6.07, 6.45) is 4.04. The molecule has 0 spiro atoms. The van der Waals surface area contributed by atoms with Crippen LogP contribution in [0.15, 0.2) is 200 Å². The summed E-state index contributed by atoms with van der Waals surface area (Å²) < 4.78 is 0. The monoisotopic (exact) mass is 837 g/mol. The highest BCUT2D eigenvalue weighted by Crippen LogP contribution is 2.46. The Morgan fingerprint density at radius 1 is 0.323 bits per heavy atom. The van der Waals surface area contributed by atoms with Crippen LogP contribution in [-0.4, -0.2) is 9.97 Å². The molecule has 0 amide bonds. The predicted octanol–water partition coefficient (Wildman–Crippen LogP) is 17.0. The van der Waals surface area contributed by atoms with E-state index in [1.54, 1.807) is 0 Å². The van der Waals surface area contributed by atoms with E-state index in [0.29, 0.717) is 0 Å². The molecule has 0 unspecified atom stereocenters. The van der Waals surface area contributed by atoms with Crippen LogP contribution in [0.5, 0.6) is 0 Å². The summed E-state index contributed by atoms with van der Waals surface area (Å²) in [5, 5.41) is 2.33. The fourth-order valence-electron chi connectivity index (χ4n) is 9.66. The van der Waals surface area contributed by atoms with Crippen molar-refractivity contribution < 1.29 is 0 Å². The normalized spacial score (nSPS) is 11.2. The third-order valence-electron chi connectivity index (χ3n) is 12.9. The van der Waals surface area contributed by atoms with Gasteiger partial charge in [0.2, 0.25) is 0 Å². The number of fused-ring (bicyclic) bond motifs is 1. The highest BCUT2D eigenvalue weighted by atomic mass is 15.1. The summed E-state index contributed by atoms with van der Waals surface area (Å²) in [6, 6.07) is 68.4. The van der Waals surface area contributed by atoms with Crippen molar-refractivity contribution in [3.05, 3.63) is 234 Å². The number of aryl methyl sites for hydroxylation is 6. The number of hydrogen-bond acceptors (Lipinski definition) is 3. The molecular formula is C62H51N3. The van der Waals surface area contributed by atoms with Crippen molar-refractivity contribution >= 4 is 27.8 Å². The average Bonchev–Trinajstić information content (AvgIpc) is 3.32. The third kappa shape index (κ3) is 8.02. The second-order valence-electron chi connectivity index (χ2n) is 17.4. The molecule has 0 aliphatic rings. The highest BCUT2D eigenvalue weighted by Gasteiger charge is 2.22. The molecule has 0 aliphatic carbocycles. The molecular weight excluding hydrogens is 787 g/mol. The van der Waals surface area contributed by atoms with E-state index in [2.05, 4.69) is 234 Å². The number of anilines is 3. The molecule has 8 aromatic carbocycles. The van der Waals surface area contributed by atoms with E-state index in [0.717, 1.165) is 67.2 Å². The van der Waals surface area contributed by atoms with E-state index < -0.39 is 0 Å². The number of rotatable bonds is 9. The van der Waals surface area contributed by atoms with Crippen LogP contribution in [0.4, 0.5) is 17.1 Å². The van der Waals surface area contributed by atoms with Gasteiger partial charge in [0.15, 0.2) is 0 Å². The molecule has 0 bridgehead atoms. The fraction of sp³-hybridized carbons (Fsp3) is 0.0968. The maximum Gasteiger partial charge on any atom is 0.0709 e. The molecule has 0 saturated carbocycles. The van der Waals surface area contributed by atoms with Gasteiger partial charge in [0.05, 0.1) is 17.1 Å². The Hall–Kier alpha value is -7.88. The average molecular weight is 838 g/mol. The third-order valence-corrected chi connectivity index (χ3v) is 12.9. The largest absolute Gasteiger partial charge is 0.310 e. The zero-order chi connectivity index (χ0) is 44.6. The summed E-state index contributed by atoms with van der Waals surface area (Å²) >= 11 is 0. The van der Waals surface area contributed by atoms with Crippen LogP contribution in [0.1, 0.15) is 33.4 Å². The van der Waals surface area contributed by atoms with Gasteiger partial charge in [-0.15, -0.1) is 0 Å². The summed E-state index contributed by atoms with van der Waals surface area (Å²) in [7, 11) is 0. The van der Waals surface area contributed by atoms with Gasteiger partial charge in [0.25, 0.3) is 0 Å². The van der Waals surface area contributed by atoms with Crippen molar-refractivity contribution in [3.63, 3.8) is 0 Å². The van der Waals surface area contributed by atoms with Gasteiger partial charge in [-0.25, -0.2) is 0 Å². The van der Waals surface area contributed by atoms with Crippen molar-refractivity contribution in [1.29, 1.82) is 0 Å². The first-order valence-corrected chi connectivity index (χ1v) is 22.5. The molecule has 0 saturated heterocycles. The van der Waals surface area contributed by atoms with E-state index in [1.807, 2.05) is 12.4 Å². The smallest absolute Gasteiger partial charge is 0.0709 e. The lowest BCUT2D eigenvalue weighted by atomic mass is 9.91. The molecule has 0 atom stereocenters. The summed E-state index contributed by atoms with van der Waals surface area (Å²) in [5.41, 5.74) is 23.7. The van der Waals surface area contributed by atoms with Crippen molar-refractivity contribution in [3.8, 4) is 67.0 Å². The van der Waals surface area contributed by atoms with Gasteiger partial charge >= 0.3 is 0 Å². The molecule has 10 rings (SSSR count). The van der Waals surface area contributed by atoms with E-state index in [9.17, 15) is 0 Å². The fourth-order valence-corrected chi connectivity index (χ4v) is 9.66. The van der Waals surface area contributed by atoms with Gasteiger partial charge in [-0.2, -0.15) is 0 Å². The first kappa shape index (κ1) is 41.1. The van der Waals surface area contributed by atoms with Crippen molar-refractivity contribution in [2.75, 3.05) is 4.90 Å². The van der Waals surface area contributed by atoms with Crippen LogP contribution in [0.2, 0.25) is 0 Å². The number of benzene rings is 8. The van der Waals surface area contributed by atoms with Gasteiger partial charge in [0.1, 0.15) is 0 Å².